The Morgan fingerprint density at radius 1 is 1.18 bits per heavy atom. The van der Waals surface area contributed by atoms with Crippen LogP contribution >= 0.6 is 11.3 Å². The molecule has 1 aliphatic heterocycles. The van der Waals surface area contributed by atoms with Crippen molar-refractivity contribution in [2.24, 2.45) is 0 Å². The van der Waals surface area contributed by atoms with Gasteiger partial charge in [0, 0.05) is 16.0 Å². The number of benzene rings is 2. The van der Waals surface area contributed by atoms with E-state index in [1.807, 2.05) is 29.2 Å². The molecule has 3 nitrogen and oxygen atoms in total. The summed E-state index contributed by atoms with van der Waals surface area (Å²) in [5.41, 5.74) is 4.00. The van der Waals surface area contributed by atoms with Gasteiger partial charge in [0.05, 0.1) is 13.7 Å². The topological polar surface area (TPSA) is 29.5 Å². The second-order valence-corrected chi connectivity index (χ2v) is 6.42. The number of hydrogen-bond acceptors (Lipinski definition) is 3. The number of carbonyl (C=O) groups is 1. The Kier molecular flexibility index (Phi) is 2.94. The first-order chi connectivity index (χ1) is 10.7. The van der Waals surface area contributed by atoms with Gasteiger partial charge in [-0.25, -0.2) is 0 Å². The van der Waals surface area contributed by atoms with Crippen LogP contribution in [0.5, 0.6) is 5.75 Å². The number of aryl methyl sites for hydroxylation is 1. The fraction of sp³-hybridized carbons (Fsp3) is 0.167. The SMILES string of the molecule is COc1ccc2c(c1)C(=O)N(c1ccc3scc(C)c3c1)C2. The molecule has 0 fully saturated rings. The van der Waals surface area contributed by atoms with Crippen LogP contribution in [-0.2, 0) is 6.54 Å². The highest BCUT2D eigenvalue weighted by Crippen LogP contribution is 2.34. The summed E-state index contributed by atoms with van der Waals surface area (Å²) in [6.07, 6.45) is 0. The fourth-order valence-corrected chi connectivity index (χ4v) is 3.85. The van der Waals surface area contributed by atoms with E-state index < -0.39 is 0 Å². The molecule has 4 heteroatoms. The molecular formula is C18H15NO2S. The number of methoxy groups -OCH3 is 1. The largest absolute Gasteiger partial charge is 0.497 e. The van der Waals surface area contributed by atoms with Crippen LogP contribution in [0.15, 0.2) is 41.8 Å². The second kappa shape index (κ2) is 4.85. The standard InChI is InChI=1S/C18H15NO2S/c1-11-10-22-17-6-4-13(7-15(11)17)19-9-12-3-5-14(21-2)8-16(12)18(19)20/h3-8,10H,9H2,1-2H3. The Balaban J connectivity index is 1.77. The van der Waals surface area contributed by atoms with Crippen molar-refractivity contribution >= 4 is 33.0 Å². The monoisotopic (exact) mass is 309 g/mol. The van der Waals surface area contributed by atoms with E-state index in [9.17, 15) is 4.79 Å². The second-order valence-electron chi connectivity index (χ2n) is 5.51. The first-order valence-corrected chi connectivity index (χ1v) is 8.02. The van der Waals surface area contributed by atoms with Gasteiger partial charge in [-0.1, -0.05) is 6.07 Å². The zero-order chi connectivity index (χ0) is 15.3. The highest BCUT2D eigenvalue weighted by atomic mass is 32.1. The van der Waals surface area contributed by atoms with E-state index in [2.05, 4.69) is 24.4 Å². The number of carbonyl (C=O) groups excluding carboxylic acids is 1. The van der Waals surface area contributed by atoms with E-state index in [0.717, 1.165) is 22.6 Å². The molecule has 0 spiro atoms. The van der Waals surface area contributed by atoms with Crippen LogP contribution in [0, 0.1) is 6.92 Å². The van der Waals surface area contributed by atoms with Crippen LogP contribution in [0.2, 0.25) is 0 Å². The maximum Gasteiger partial charge on any atom is 0.259 e. The van der Waals surface area contributed by atoms with E-state index in [0.29, 0.717) is 6.54 Å². The van der Waals surface area contributed by atoms with Crippen molar-refractivity contribution in [2.75, 3.05) is 12.0 Å². The summed E-state index contributed by atoms with van der Waals surface area (Å²) in [6.45, 7) is 2.72. The summed E-state index contributed by atoms with van der Waals surface area (Å²) < 4.78 is 6.48. The van der Waals surface area contributed by atoms with Crippen molar-refractivity contribution < 1.29 is 9.53 Å². The van der Waals surface area contributed by atoms with Gasteiger partial charge in [-0.3, -0.25) is 4.79 Å². The molecule has 0 saturated carbocycles. The maximum absolute atomic E-state index is 12.7. The summed E-state index contributed by atoms with van der Waals surface area (Å²) in [6, 6.07) is 11.9. The third-order valence-corrected chi connectivity index (χ3v) is 5.26. The molecule has 110 valence electrons. The Bertz CT molecular complexity index is 897. The van der Waals surface area contributed by atoms with Crippen LogP contribution < -0.4 is 9.64 Å². The highest BCUT2D eigenvalue weighted by Gasteiger charge is 2.29. The quantitative estimate of drug-likeness (QED) is 0.703. The molecule has 1 amide bonds. The Labute approximate surface area is 132 Å². The van der Waals surface area contributed by atoms with Crippen LogP contribution in [0.25, 0.3) is 10.1 Å². The van der Waals surface area contributed by atoms with Gasteiger partial charge in [-0.2, -0.15) is 0 Å². The molecule has 0 unspecified atom stereocenters. The molecule has 0 saturated heterocycles. The van der Waals surface area contributed by atoms with Crippen molar-refractivity contribution in [3.63, 3.8) is 0 Å². The van der Waals surface area contributed by atoms with Gasteiger partial charge in [-0.05, 0) is 59.1 Å². The molecule has 0 bridgehead atoms. The average Bonchev–Trinajstić information content (AvgIpc) is 3.08. The highest BCUT2D eigenvalue weighted by molar-refractivity contribution is 7.17. The zero-order valence-electron chi connectivity index (χ0n) is 12.4. The van der Waals surface area contributed by atoms with Gasteiger partial charge in [-0.15, -0.1) is 11.3 Å². The fourth-order valence-electron chi connectivity index (χ4n) is 2.93. The number of fused-ring (bicyclic) bond motifs is 2. The minimum atomic E-state index is 0.0427. The molecule has 3 aromatic rings. The van der Waals surface area contributed by atoms with E-state index in [1.165, 1.54) is 15.6 Å². The first-order valence-electron chi connectivity index (χ1n) is 7.14. The molecule has 2 aromatic carbocycles. The molecule has 1 aromatic heterocycles. The number of amides is 1. The summed E-state index contributed by atoms with van der Waals surface area (Å²) in [5.74, 6) is 0.763. The van der Waals surface area contributed by atoms with Gasteiger partial charge >= 0.3 is 0 Å². The van der Waals surface area contributed by atoms with Gasteiger partial charge in [0.2, 0.25) is 0 Å². The van der Waals surface area contributed by atoms with Crippen molar-refractivity contribution in [3.05, 3.63) is 58.5 Å². The third kappa shape index (κ3) is 1.91. The lowest BCUT2D eigenvalue weighted by Gasteiger charge is -2.16. The number of rotatable bonds is 2. The first kappa shape index (κ1) is 13.3. The minimum absolute atomic E-state index is 0.0427. The van der Waals surface area contributed by atoms with Gasteiger partial charge in [0.15, 0.2) is 0 Å². The average molecular weight is 309 g/mol. The predicted molar refractivity (Wildman–Crippen MR) is 90.1 cm³/mol. The molecule has 4 rings (SSSR count). The molecule has 2 heterocycles. The smallest absolute Gasteiger partial charge is 0.259 e. The lowest BCUT2D eigenvalue weighted by atomic mass is 10.1. The normalized spacial score (nSPS) is 13.7. The molecule has 0 atom stereocenters. The number of thiophene rings is 1. The molecule has 22 heavy (non-hydrogen) atoms. The Morgan fingerprint density at radius 2 is 2.05 bits per heavy atom. The van der Waals surface area contributed by atoms with Crippen molar-refractivity contribution in [1.82, 2.24) is 0 Å². The molecule has 0 N–H and O–H groups in total. The minimum Gasteiger partial charge on any atom is -0.497 e. The molecule has 1 aliphatic rings. The third-order valence-electron chi connectivity index (χ3n) is 4.18. The number of anilines is 1. The summed E-state index contributed by atoms with van der Waals surface area (Å²) in [7, 11) is 1.62. The lowest BCUT2D eigenvalue weighted by molar-refractivity contribution is 0.0996. The summed E-state index contributed by atoms with van der Waals surface area (Å²) >= 11 is 1.74. The van der Waals surface area contributed by atoms with Crippen molar-refractivity contribution in [1.29, 1.82) is 0 Å². The maximum atomic E-state index is 12.7. The number of nitrogens with zero attached hydrogens (tertiary/aromatic N) is 1. The predicted octanol–water partition coefficient (Wildman–Crippen LogP) is 4.38. The molecule has 0 aliphatic carbocycles. The van der Waals surface area contributed by atoms with E-state index in [1.54, 1.807) is 18.4 Å². The molecule has 0 radical (unpaired) electrons. The van der Waals surface area contributed by atoms with Gasteiger partial charge in [0.25, 0.3) is 5.91 Å². The lowest BCUT2D eigenvalue weighted by Crippen LogP contribution is -2.22. The summed E-state index contributed by atoms with van der Waals surface area (Å²) in [4.78, 5) is 14.5. The number of hydrogen-bond donors (Lipinski definition) is 0. The van der Waals surface area contributed by atoms with Crippen LogP contribution in [0.1, 0.15) is 21.5 Å². The zero-order valence-corrected chi connectivity index (χ0v) is 13.2. The summed E-state index contributed by atoms with van der Waals surface area (Å²) in [5, 5.41) is 3.38. The number of ether oxygens (including phenoxy) is 1. The van der Waals surface area contributed by atoms with Crippen LogP contribution in [-0.4, -0.2) is 13.0 Å². The van der Waals surface area contributed by atoms with Crippen molar-refractivity contribution in [2.45, 2.75) is 13.5 Å². The Morgan fingerprint density at radius 3 is 2.86 bits per heavy atom. The van der Waals surface area contributed by atoms with Gasteiger partial charge < -0.3 is 9.64 Å². The van der Waals surface area contributed by atoms with Crippen LogP contribution in [0.4, 0.5) is 5.69 Å². The molecular weight excluding hydrogens is 294 g/mol. The van der Waals surface area contributed by atoms with Gasteiger partial charge in [0.1, 0.15) is 5.75 Å². The van der Waals surface area contributed by atoms with E-state index in [4.69, 9.17) is 4.74 Å². The van der Waals surface area contributed by atoms with E-state index in [-0.39, 0.29) is 5.91 Å². The van der Waals surface area contributed by atoms with E-state index >= 15 is 0 Å². The Hall–Kier alpha value is -2.33. The van der Waals surface area contributed by atoms with Crippen molar-refractivity contribution in [3.8, 4) is 5.75 Å². The van der Waals surface area contributed by atoms with Crippen LogP contribution in [0.3, 0.4) is 0 Å².